The smallest absolute Gasteiger partial charge is 0.142 e. The molecule has 1 aromatic heterocycles. The lowest BCUT2D eigenvalue weighted by Crippen LogP contribution is -2.02. The fraction of sp³-hybridized carbons (Fsp3) is 0.148. The zero-order valence-corrected chi connectivity index (χ0v) is 19.1. The normalized spacial score (nSPS) is 11.4. The summed E-state index contributed by atoms with van der Waals surface area (Å²) < 4.78 is 7.41. The summed E-state index contributed by atoms with van der Waals surface area (Å²) in [6.45, 7) is 4.44. The van der Waals surface area contributed by atoms with Gasteiger partial charge in [0.05, 0.1) is 18.5 Å². The van der Waals surface area contributed by atoms with Crippen molar-refractivity contribution in [3.63, 3.8) is 0 Å². The first-order chi connectivity index (χ1) is 15.6. The minimum atomic E-state index is 0.390. The molecule has 0 aliphatic rings. The molecule has 0 unspecified atom stereocenters. The third-order valence-electron chi connectivity index (χ3n) is 5.36. The van der Waals surface area contributed by atoms with Gasteiger partial charge in [0.25, 0.3) is 0 Å². The molecule has 3 aromatic carbocycles. The Morgan fingerprint density at radius 3 is 2.38 bits per heavy atom. The van der Waals surface area contributed by atoms with E-state index in [1.165, 1.54) is 0 Å². The Labute approximate surface area is 193 Å². The third-order valence-corrected chi connectivity index (χ3v) is 5.60. The highest BCUT2D eigenvalue weighted by Gasteiger charge is 2.17. The Morgan fingerprint density at radius 2 is 1.69 bits per heavy atom. The van der Waals surface area contributed by atoms with Crippen LogP contribution in [0.5, 0.6) is 5.75 Å². The summed E-state index contributed by atoms with van der Waals surface area (Å²) >= 11 is 6.30. The van der Waals surface area contributed by atoms with Crippen LogP contribution in [0.4, 0.5) is 0 Å². The topological polar surface area (TPSA) is 35.8 Å². The molecule has 5 heteroatoms. The van der Waals surface area contributed by atoms with E-state index in [0.717, 1.165) is 45.2 Å². The number of oxime groups is 1. The third kappa shape index (κ3) is 4.71. The number of aromatic nitrogens is 1. The maximum absolute atomic E-state index is 6.30. The van der Waals surface area contributed by atoms with Gasteiger partial charge in [-0.25, -0.2) is 0 Å². The Kier molecular flexibility index (Phi) is 6.62. The summed E-state index contributed by atoms with van der Waals surface area (Å²) in [4.78, 5) is 5.66. The standard InChI is InChI=1S/C27H25ClN2O2/c1-19(29-32-18-21-12-14-25(31-3)15-13-21)26-17-27(22-8-5-4-6-9-22)30(20(26)2)24-11-7-10-23(28)16-24/h4-17H,18H2,1-3H3. The van der Waals surface area contributed by atoms with E-state index in [9.17, 15) is 0 Å². The van der Waals surface area contributed by atoms with Crippen LogP contribution in [-0.2, 0) is 11.4 Å². The van der Waals surface area contributed by atoms with Gasteiger partial charge in [0.15, 0.2) is 0 Å². The van der Waals surface area contributed by atoms with Crippen molar-refractivity contribution in [2.45, 2.75) is 20.5 Å². The zero-order valence-electron chi connectivity index (χ0n) is 18.4. The number of rotatable bonds is 7. The van der Waals surface area contributed by atoms with Gasteiger partial charge < -0.3 is 14.1 Å². The van der Waals surface area contributed by atoms with Crippen LogP contribution < -0.4 is 4.74 Å². The molecule has 162 valence electrons. The Morgan fingerprint density at radius 1 is 0.938 bits per heavy atom. The first kappa shape index (κ1) is 21.7. The number of ether oxygens (including phenoxy) is 1. The summed E-state index contributed by atoms with van der Waals surface area (Å²) in [6, 6.07) is 28.1. The Bertz CT molecular complexity index is 1230. The van der Waals surface area contributed by atoms with Crippen molar-refractivity contribution in [2.75, 3.05) is 7.11 Å². The second-order valence-corrected chi connectivity index (χ2v) is 7.94. The molecule has 0 fully saturated rings. The fourth-order valence-corrected chi connectivity index (χ4v) is 3.90. The molecule has 0 saturated carbocycles. The van der Waals surface area contributed by atoms with Gasteiger partial charge in [-0.1, -0.05) is 65.3 Å². The van der Waals surface area contributed by atoms with Crippen molar-refractivity contribution in [1.82, 2.24) is 4.57 Å². The van der Waals surface area contributed by atoms with Crippen LogP contribution in [0.2, 0.25) is 5.02 Å². The predicted octanol–water partition coefficient (Wildman–Crippen LogP) is 7.06. The van der Waals surface area contributed by atoms with Crippen molar-refractivity contribution in [1.29, 1.82) is 0 Å². The lowest BCUT2D eigenvalue weighted by Gasteiger charge is -2.13. The van der Waals surface area contributed by atoms with Gasteiger partial charge in [-0.2, -0.15) is 0 Å². The van der Waals surface area contributed by atoms with E-state index < -0.39 is 0 Å². The second kappa shape index (κ2) is 9.75. The molecule has 0 amide bonds. The minimum absolute atomic E-state index is 0.390. The molecule has 0 aliphatic heterocycles. The van der Waals surface area contributed by atoms with Crippen LogP contribution in [0.1, 0.15) is 23.7 Å². The van der Waals surface area contributed by atoms with Crippen LogP contribution in [0.25, 0.3) is 16.9 Å². The molecule has 32 heavy (non-hydrogen) atoms. The molecule has 4 nitrogen and oxygen atoms in total. The Hall–Kier alpha value is -3.50. The van der Waals surface area contributed by atoms with E-state index in [1.807, 2.05) is 67.6 Å². The molecule has 0 spiro atoms. The molecular formula is C27H25ClN2O2. The van der Waals surface area contributed by atoms with Gasteiger partial charge in [-0.3, -0.25) is 0 Å². The first-order valence-electron chi connectivity index (χ1n) is 10.4. The van der Waals surface area contributed by atoms with Crippen LogP contribution >= 0.6 is 11.6 Å². The molecule has 4 rings (SSSR count). The average Bonchev–Trinajstić information content (AvgIpc) is 3.17. The van der Waals surface area contributed by atoms with Gasteiger partial charge in [0.1, 0.15) is 12.4 Å². The van der Waals surface area contributed by atoms with Gasteiger partial charge in [0.2, 0.25) is 0 Å². The second-order valence-electron chi connectivity index (χ2n) is 7.51. The van der Waals surface area contributed by atoms with E-state index in [4.69, 9.17) is 21.2 Å². The van der Waals surface area contributed by atoms with E-state index in [-0.39, 0.29) is 0 Å². The quantitative estimate of drug-likeness (QED) is 0.226. The zero-order chi connectivity index (χ0) is 22.5. The van der Waals surface area contributed by atoms with Gasteiger partial charge in [-0.05, 0) is 61.4 Å². The molecule has 0 aliphatic carbocycles. The van der Waals surface area contributed by atoms with E-state index in [0.29, 0.717) is 11.6 Å². The number of hydrogen-bond donors (Lipinski definition) is 0. The first-order valence-corrected chi connectivity index (χ1v) is 10.8. The number of methoxy groups -OCH3 is 1. The maximum atomic E-state index is 6.30. The van der Waals surface area contributed by atoms with Crippen molar-refractivity contribution >= 4 is 17.3 Å². The average molecular weight is 445 g/mol. The van der Waals surface area contributed by atoms with Gasteiger partial charge in [-0.15, -0.1) is 0 Å². The lowest BCUT2D eigenvalue weighted by atomic mass is 10.1. The van der Waals surface area contributed by atoms with Crippen LogP contribution in [0.3, 0.4) is 0 Å². The molecule has 0 saturated heterocycles. The largest absolute Gasteiger partial charge is 0.497 e. The van der Waals surface area contributed by atoms with E-state index in [2.05, 4.69) is 40.9 Å². The molecule has 0 N–H and O–H groups in total. The summed E-state index contributed by atoms with van der Waals surface area (Å²) in [6.07, 6.45) is 0. The molecule has 0 bridgehead atoms. The number of benzene rings is 3. The highest BCUT2D eigenvalue weighted by molar-refractivity contribution is 6.30. The SMILES string of the molecule is COc1ccc(CON=C(C)c2cc(-c3ccccc3)n(-c3cccc(Cl)c3)c2C)cc1. The van der Waals surface area contributed by atoms with Gasteiger partial charge >= 0.3 is 0 Å². The van der Waals surface area contributed by atoms with Crippen LogP contribution in [-0.4, -0.2) is 17.4 Å². The van der Waals surface area contributed by atoms with E-state index in [1.54, 1.807) is 7.11 Å². The molecular weight excluding hydrogens is 420 g/mol. The predicted molar refractivity (Wildman–Crippen MR) is 131 cm³/mol. The summed E-state index contributed by atoms with van der Waals surface area (Å²) in [5.74, 6) is 0.819. The van der Waals surface area contributed by atoms with Crippen LogP contribution in [0.15, 0.2) is 90.1 Å². The summed E-state index contributed by atoms with van der Waals surface area (Å²) in [5.41, 5.74) is 7.14. The fourth-order valence-electron chi connectivity index (χ4n) is 3.72. The van der Waals surface area contributed by atoms with Gasteiger partial charge in [0, 0.05) is 22.0 Å². The van der Waals surface area contributed by atoms with Crippen molar-refractivity contribution < 1.29 is 9.57 Å². The number of halogens is 1. The highest BCUT2D eigenvalue weighted by atomic mass is 35.5. The number of hydrogen-bond acceptors (Lipinski definition) is 3. The molecule has 0 radical (unpaired) electrons. The summed E-state index contributed by atoms with van der Waals surface area (Å²) in [7, 11) is 1.65. The highest BCUT2D eigenvalue weighted by Crippen LogP contribution is 2.31. The van der Waals surface area contributed by atoms with Crippen molar-refractivity contribution in [2.24, 2.45) is 5.16 Å². The van der Waals surface area contributed by atoms with Crippen molar-refractivity contribution in [3.8, 4) is 22.7 Å². The van der Waals surface area contributed by atoms with Crippen LogP contribution in [0, 0.1) is 6.92 Å². The minimum Gasteiger partial charge on any atom is -0.497 e. The monoisotopic (exact) mass is 444 g/mol. The molecule has 0 atom stereocenters. The summed E-state index contributed by atoms with van der Waals surface area (Å²) in [5, 5.41) is 5.10. The van der Waals surface area contributed by atoms with Crippen molar-refractivity contribution in [3.05, 3.63) is 107 Å². The van der Waals surface area contributed by atoms with E-state index >= 15 is 0 Å². The maximum Gasteiger partial charge on any atom is 0.142 e. The molecule has 1 heterocycles. The lowest BCUT2D eigenvalue weighted by molar-refractivity contribution is 0.130. The molecule has 4 aromatic rings. The number of nitrogens with zero attached hydrogens (tertiary/aromatic N) is 2. The Balaban J connectivity index is 1.66.